The maximum Gasteiger partial charge on any atom is 0.262 e. The fourth-order valence-electron chi connectivity index (χ4n) is 3.22. The van der Waals surface area contributed by atoms with E-state index in [1.807, 2.05) is 37.3 Å². The number of sulfonamides is 1. The molecule has 0 bridgehead atoms. The lowest BCUT2D eigenvalue weighted by molar-refractivity contribution is 0.344. The lowest BCUT2D eigenvalue weighted by atomic mass is 10.1. The normalized spacial score (nSPS) is 10.9. The number of nitrogens with one attached hydrogen (secondary N) is 1. The number of rotatable bonds is 5. The van der Waals surface area contributed by atoms with Crippen molar-refractivity contribution in [2.24, 2.45) is 0 Å². The van der Waals surface area contributed by atoms with E-state index in [0.29, 0.717) is 29.0 Å². The molecule has 0 unspecified atom stereocenters. The van der Waals surface area contributed by atoms with Gasteiger partial charge in [-0.05, 0) is 43.3 Å². The minimum Gasteiger partial charge on any atom is -0.493 e. The standard InChI is InChI=1S/C25H20N2O3S/c1-2-30-24-15-16-25(22-11-5-4-10-21(22)24)31(28,29)27-23-12-6-3-9-20(23)14-13-19-8-7-17-26-18-19/h3-12,15-18,27H,2H2,1H3. The fraction of sp³-hybridized carbons (Fsp3) is 0.0800. The molecule has 1 aromatic heterocycles. The number of ether oxygens (including phenoxy) is 1. The van der Waals surface area contributed by atoms with Crippen molar-refractivity contribution in [3.63, 3.8) is 0 Å². The van der Waals surface area contributed by atoms with Crippen molar-refractivity contribution in [3.8, 4) is 17.6 Å². The molecule has 4 aromatic rings. The molecule has 5 nitrogen and oxygen atoms in total. The van der Waals surface area contributed by atoms with E-state index in [4.69, 9.17) is 4.74 Å². The summed E-state index contributed by atoms with van der Waals surface area (Å²) in [5.41, 5.74) is 1.74. The van der Waals surface area contributed by atoms with Crippen LogP contribution in [0.15, 0.2) is 90.1 Å². The van der Waals surface area contributed by atoms with Crippen LogP contribution in [0.4, 0.5) is 5.69 Å². The summed E-state index contributed by atoms with van der Waals surface area (Å²) in [7, 11) is -3.86. The predicted octanol–water partition coefficient (Wildman–Crippen LogP) is 4.83. The third-order valence-corrected chi connectivity index (χ3v) is 6.03. The zero-order valence-corrected chi connectivity index (χ0v) is 17.7. The number of aromatic nitrogens is 1. The summed E-state index contributed by atoms with van der Waals surface area (Å²) in [5, 5.41) is 1.34. The maximum atomic E-state index is 13.3. The minimum absolute atomic E-state index is 0.182. The first kappa shape index (κ1) is 20.5. The number of nitrogens with zero attached hydrogens (tertiary/aromatic N) is 1. The molecule has 0 spiro atoms. The van der Waals surface area contributed by atoms with Crippen LogP contribution < -0.4 is 9.46 Å². The van der Waals surface area contributed by atoms with E-state index < -0.39 is 10.0 Å². The van der Waals surface area contributed by atoms with Crippen molar-refractivity contribution < 1.29 is 13.2 Å². The Morgan fingerprint density at radius 2 is 1.68 bits per heavy atom. The summed E-state index contributed by atoms with van der Waals surface area (Å²) in [5.74, 6) is 6.70. The topological polar surface area (TPSA) is 68.3 Å². The van der Waals surface area contributed by atoms with Gasteiger partial charge in [0.25, 0.3) is 10.0 Å². The molecule has 0 saturated carbocycles. The molecule has 1 heterocycles. The van der Waals surface area contributed by atoms with Crippen LogP contribution in [0.25, 0.3) is 10.8 Å². The Bertz CT molecular complexity index is 1390. The van der Waals surface area contributed by atoms with Gasteiger partial charge in [0.15, 0.2) is 0 Å². The molecular weight excluding hydrogens is 408 g/mol. The van der Waals surface area contributed by atoms with Crippen molar-refractivity contribution >= 4 is 26.5 Å². The molecular formula is C25H20N2O3S. The Hall–Kier alpha value is -3.82. The first-order valence-electron chi connectivity index (χ1n) is 9.77. The molecule has 31 heavy (non-hydrogen) atoms. The second-order valence-corrected chi connectivity index (χ2v) is 8.33. The van der Waals surface area contributed by atoms with Crippen LogP contribution in [0, 0.1) is 11.8 Å². The number of pyridine rings is 1. The molecule has 0 atom stereocenters. The van der Waals surface area contributed by atoms with Crippen molar-refractivity contribution in [2.75, 3.05) is 11.3 Å². The van der Waals surface area contributed by atoms with E-state index >= 15 is 0 Å². The monoisotopic (exact) mass is 428 g/mol. The Labute approximate surface area is 181 Å². The number of hydrogen-bond acceptors (Lipinski definition) is 4. The van der Waals surface area contributed by atoms with Crippen molar-refractivity contribution in [3.05, 3.63) is 96.3 Å². The third kappa shape index (κ3) is 4.52. The third-order valence-electron chi connectivity index (χ3n) is 4.61. The van der Waals surface area contributed by atoms with Gasteiger partial charge in [0, 0.05) is 34.3 Å². The molecule has 0 amide bonds. The molecule has 1 N–H and O–H groups in total. The molecule has 0 aliphatic heterocycles. The second-order valence-electron chi connectivity index (χ2n) is 6.68. The van der Waals surface area contributed by atoms with Gasteiger partial charge in [0.1, 0.15) is 5.75 Å². The summed E-state index contributed by atoms with van der Waals surface area (Å²) in [6.07, 6.45) is 3.33. The predicted molar refractivity (Wildman–Crippen MR) is 123 cm³/mol. The molecule has 0 aliphatic carbocycles. The van der Waals surface area contributed by atoms with Crippen LogP contribution in [0.1, 0.15) is 18.1 Å². The van der Waals surface area contributed by atoms with Crippen LogP contribution in [-0.4, -0.2) is 20.0 Å². The highest BCUT2D eigenvalue weighted by Gasteiger charge is 2.20. The van der Waals surface area contributed by atoms with Gasteiger partial charge >= 0.3 is 0 Å². The SMILES string of the molecule is CCOc1ccc(S(=O)(=O)Nc2ccccc2C#Cc2cccnc2)c2ccccc12. The Morgan fingerprint density at radius 1 is 0.903 bits per heavy atom. The van der Waals surface area contributed by atoms with E-state index in [9.17, 15) is 8.42 Å². The number of anilines is 1. The maximum absolute atomic E-state index is 13.3. The highest BCUT2D eigenvalue weighted by atomic mass is 32.2. The van der Waals surface area contributed by atoms with E-state index in [-0.39, 0.29) is 4.90 Å². The molecule has 3 aromatic carbocycles. The summed E-state index contributed by atoms with van der Waals surface area (Å²) in [4.78, 5) is 4.23. The second kappa shape index (κ2) is 8.90. The van der Waals surface area contributed by atoms with E-state index in [0.717, 1.165) is 10.9 Å². The summed E-state index contributed by atoms with van der Waals surface area (Å²) in [6.45, 7) is 2.39. The molecule has 154 valence electrons. The summed E-state index contributed by atoms with van der Waals surface area (Å²) >= 11 is 0. The molecule has 0 radical (unpaired) electrons. The first-order valence-corrected chi connectivity index (χ1v) is 11.3. The number of para-hydroxylation sites is 1. The molecule has 0 saturated heterocycles. The molecule has 4 rings (SSSR count). The van der Waals surface area contributed by atoms with Gasteiger partial charge in [0.05, 0.1) is 17.2 Å². The van der Waals surface area contributed by atoms with Crippen LogP contribution in [-0.2, 0) is 10.0 Å². The average Bonchev–Trinajstić information content (AvgIpc) is 2.79. The summed E-state index contributed by atoms with van der Waals surface area (Å²) in [6, 6.07) is 21.3. The number of hydrogen-bond donors (Lipinski definition) is 1. The van der Waals surface area contributed by atoms with Crippen molar-refractivity contribution in [2.45, 2.75) is 11.8 Å². The zero-order valence-electron chi connectivity index (χ0n) is 16.9. The first-order chi connectivity index (χ1) is 15.1. The number of benzene rings is 3. The van der Waals surface area contributed by atoms with Crippen LogP contribution in [0.5, 0.6) is 5.75 Å². The van der Waals surface area contributed by atoms with Gasteiger partial charge < -0.3 is 4.74 Å². The lowest BCUT2D eigenvalue weighted by Gasteiger charge is -2.14. The van der Waals surface area contributed by atoms with Crippen LogP contribution in [0.3, 0.4) is 0 Å². The Balaban J connectivity index is 1.73. The smallest absolute Gasteiger partial charge is 0.262 e. The number of fused-ring (bicyclic) bond motifs is 1. The summed E-state index contributed by atoms with van der Waals surface area (Å²) < 4.78 is 35.0. The zero-order chi connectivity index (χ0) is 21.7. The van der Waals surface area contributed by atoms with Gasteiger partial charge in [-0.15, -0.1) is 0 Å². The Morgan fingerprint density at radius 3 is 2.45 bits per heavy atom. The van der Waals surface area contributed by atoms with E-state index in [1.165, 1.54) is 0 Å². The van der Waals surface area contributed by atoms with Crippen molar-refractivity contribution in [1.29, 1.82) is 0 Å². The van der Waals surface area contributed by atoms with Gasteiger partial charge in [-0.1, -0.05) is 48.2 Å². The van der Waals surface area contributed by atoms with Gasteiger partial charge in [-0.2, -0.15) is 0 Å². The largest absolute Gasteiger partial charge is 0.493 e. The van der Waals surface area contributed by atoms with E-state index in [2.05, 4.69) is 21.5 Å². The quantitative estimate of drug-likeness (QED) is 0.462. The van der Waals surface area contributed by atoms with Gasteiger partial charge in [-0.25, -0.2) is 8.42 Å². The highest BCUT2D eigenvalue weighted by Crippen LogP contribution is 2.32. The molecule has 0 aliphatic rings. The fourth-order valence-corrected chi connectivity index (χ4v) is 4.51. The lowest BCUT2D eigenvalue weighted by Crippen LogP contribution is -2.14. The Kier molecular flexibility index (Phi) is 5.87. The van der Waals surface area contributed by atoms with E-state index in [1.54, 1.807) is 54.9 Å². The van der Waals surface area contributed by atoms with Crippen LogP contribution >= 0.6 is 0 Å². The minimum atomic E-state index is -3.86. The van der Waals surface area contributed by atoms with Crippen LogP contribution in [0.2, 0.25) is 0 Å². The van der Waals surface area contributed by atoms with Crippen molar-refractivity contribution in [1.82, 2.24) is 4.98 Å². The average molecular weight is 429 g/mol. The van der Waals surface area contributed by atoms with Gasteiger partial charge in [0.2, 0.25) is 0 Å². The highest BCUT2D eigenvalue weighted by molar-refractivity contribution is 7.93. The molecule has 6 heteroatoms. The molecule has 0 fully saturated rings. The van der Waals surface area contributed by atoms with Gasteiger partial charge in [-0.3, -0.25) is 9.71 Å².